The summed E-state index contributed by atoms with van der Waals surface area (Å²) in [5.41, 5.74) is 5.96. The predicted octanol–water partition coefficient (Wildman–Crippen LogP) is 1.10. The Morgan fingerprint density at radius 3 is 2.85 bits per heavy atom. The van der Waals surface area contributed by atoms with Gasteiger partial charge in [-0.2, -0.15) is 0 Å². The molecular formula is C13H17FN4O2. The van der Waals surface area contributed by atoms with E-state index in [9.17, 15) is 14.0 Å². The van der Waals surface area contributed by atoms with Gasteiger partial charge in [0.1, 0.15) is 5.82 Å². The second-order valence-electron chi connectivity index (χ2n) is 4.73. The van der Waals surface area contributed by atoms with Crippen molar-refractivity contribution in [2.75, 3.05) is 37.7 Å². The molecule has 0 aromatic heterocycles. The van der Waals surface area contributed by atoms with Gasteiger partial charge in [-0.15, -0.1) is 0 Å². The maximum atomic E-state index is 13.4. The summed E-state index contributed by atoms with van der Waals surface area (Å²) in [5, 5.41) is 2.46. The van der Waals surface area contributed by atoms with E-state index >= 15 is 0 Å². The first kappa shape index (κ1) is 14.1. The number of amides is 3. The van der Waals surface area contributed by atoms with E-state index in [-0.39, 0.29) is 24.0 Å². The number of carbonyl (C=O) groups is 2. The molecule has 20 heavy (non-hydrogen) atoms. The van der Waals surface area contributed by atoms with Gasteiger partial charge in [0.05, 0.1) is 5.69 Å². The van der Waals surface area contributed by atoms with Crippen LogP contribution in [0, 0.1) is 5.82 Å². The second-order valence-corrected chi connectivity index (χ2v) is 4.73. The van der Waals surface area contributed by atoms with Crippen molar-refractivity contribution < 1.29 is 14.0 Å². The number of rotatable bonds is 4. The number of benzene rings is 1. The topological polar surface area (TPSA) is 78.7 Å². The molecule has 0 radical (unpaired) electrons. The van der Waals surface area contributed by atoms with Crippen LogP contribution in [-0.4, -0.2) is 48.4 Å². The summed E-state index contributed by atoms with van der Waals surface area (Å²) < 4.78 is 13.4. The van der Waals surface area contributed by atoms with E-state index < -0.39 is 5.82 Å². The van der Waals surface area contributed by atoms with Crippen LogP contribution >= 0.6 is 0 Å². The Morgan fingerprint density at radius 2 is 2.20 bits per heavy atom. The van der Waals surface area contributed by atoms with Gasteiger partial charge >= 0.3 is 6.03 Å². The zero-order chi connectivity index (χ0) is 14.7. The Morgan fingerprint density at radius 1 is 1.45 bits per heavy atom. The zero-order valence-electron chi connectivity index (χ0n) is 11.2. The number of nitrogen functional groups attached to an aromatic ring is 1. The standard InChI is InChI=1S/C13H17FN4O2/c1-17-6-7-18(13(17)20)5-4-12(19)16-11-8-9(15)2-3-10(11)14/h2-3,8H,4-7,15H2,1H3,(H,16,19). The van der Waals surface area contributed by atoms with Crippen LogP contribution in [0.25, 0.3) is 0 Å². The molecule has 0 spiro atoms. The van der Waals surface area contributed by atoms with Gasteiger partial charge in [-0.05, 0) is 18.2 Å². The predicted molar refractivity (Wildman–Crippen MR) is 73.7 cm³/mol. The Balaban J connectivity index is 1.87. The van der Waals surface area contributed by atoms with Gasteiger partial charge in [-0.1, -0.05) is 0 Å². The molecule has 0 bridgehead atoms. The zero-order valence-corrected chi connectivity index (χ0v) is 11.2. The van der Waals surface area contributed by atoms with Crippen LogP contribution in [0.15, 0.2) is 18.2 Å². The fraction of sp³-hybridized carbons (Fsp3) is 0.385. The van der Waals surface area contributed by atoms with Crippen molar-refractivity contribution >= 4 is 23.3 Å². The lowest BCUT2D eigenvalue weighted by atomic mass is 10.2. The average Bonchev–Trinajstić information content (AvgIpc) is 2.72. The SMILES string of the molecule is CN1CCN(CCC(=O)Nc2cc(N)ccc2F)C1=O. The van der Waals surface area contributed by atoms with Crippen LogP contribution in [0.3, 0.4) is 0 Å². The smallest absolute Gasteiger partial charge is 0.319 e. The minimum atomic E-state index is -0.537. The molecule has 7 heteroatoms. The first-order chi connectivity index (χ1) is 9.47. The maximum absolute atomic E-state index is 13.4. The number of nitrogens with one attached hydrogen (secondary N) is 1. The summed E-state index contributed by atoms with van der Waals surface area (Å²) >= 11 is 0. The fourth-order valence-electron chi connectivity index (χ4n) is 2.00. The van der Waals surface area contributed by atoms with Gasteiger partial charge in [-0.25, -0.2) is 9.18 Å². The second kappa shape index (κ2) is 5.77. The van der Waals surface area contributed by atoms with Gasteiger partial charge in [0, 0.05) is 38.8 Å². The first-order valence-corrected chi connectivity index (χ1v) is 6.32. The number of hydrogen-bond acceptors (Lipinski definition) is 3. The monoisotopic (exact) mass is 280 g/mol. The lowest BCUT2D eigenvalue weighted by molar-refractivity contribution is -0.116. The van der Waals surface area contributed by atoms with Crippen molar-refractivity contribution in [1.29, 1.82) is 0 Å². The largest absolute Gasteiger partial charge is 0.399 e. The van der Waals surface area contributed by atoms with Gasteiger partial charge in [0.2, 0.25) is 5.91 Å². The highest BCUT2D eigenvalue weighted by molar-refractivity contribution is 5.91. The molecule has 1 aliphatic heterocycles. The molecule has 0 saturated carbocycles. The molecule has 108 valence electrons. The highest BCUT2D eigenvalue weighted by Gasteiger charge is 2.25. The van der Waals surface area contributed by atoms with E-state index in [1.807, 2.05) is 0 Å². The van der Waals surface area contributed by atoms with Crippen molar-refractivity contribution in [2.24, 2.45) is 0 Å². The maximum Gasteiger partial charge on any atom is 0.319 e. The van der Waals surface area contributed by atoms with E-state index in [1.54, 1.807) is 16.8 Å². The third-order valence-corrected chi connectivity index (χ3v) is 3.18. The lowest BCUT2D eigenvalue weighted by Crippen LogP contribution is -2.32. The van der Waals surface area contributed by atoms with Gasteiger partial charge < -0.3 is 20.9 Å². The highest BCUT2D eigenvalue weighted by atomic mass is 19.1. The number of nitrogens with two attached hydrogens (primary N) is 1. The molecule has 2 rings (SSSR count). The Kier molecular flexibility index (Phi) is 4.07. The number of likely N-dealkylation sites (N-methyl/N-ethyl adjacent to an activating group) is 1. The van der Waals surface area contributed by atoms with Gasteiger partial charge in [0.15, 0.2) is 0 Å². The number of halogens is 1. The molecule has 0 atom stereocenters. The van der Waals surface area contributed by atoms with E-state index in [2.05, 4.69) is 5.32 Å². The van der Waals surface area contributed by atoms with E-state index in [0.29, 0.717) is 25.3 Å². The third-order valence-electron chi connectivity index (χ3n) is 3.18. The summed E-state index contributed by atoms with van der Waals surface area (Å²) in [4.78, 5) is 26.6. The molecule has 0 aliphatic carbocycles. The minimum Gasteiger partial charge on any atom is -0.399 e. The number of carbonyl (C=O) groups excluding carboxylic acids is 2. The van der Waals surface area contributed by atoms with Gasteiger partial charge in [0.25, 0.3) is 0 Å². The fourth-order valence-corrected chi connectivity index (χ4v) is 2.00. The number of urea groups is 1. The molecule has 1 saturated heterocycles. The van der Waals surface area contributed by atoms with E-state index in [4.69, 9.17) is 5.73 Å². The molecule has 1 heterocycles. The van der Waals surface area contributed by atoms with Crippen LogP contribution < -0.4 is 11.1 Å². The van der Waals surface area contributed by atoms with Gasteiger partial charge in [-0.3, -0.25) is 4.79 Å². The Hall–Kier alpha value is -2.31. The van der Waals surface area contributed by atoms with Crippen LogP contribution in [0.2, 0.25) is 0 Å². The van der Waals surface area contributed by atoms with Crippen molar-refractivity contribution in [2.45, 2.75) is 6.42 Å². The number of anilines is 2. The summed E-state index contributed by atoms with van der Waals surface area (Å²) in [6.07, 6.45) is 0.119. The molecule has 1 aliphatic rings. The lowest BCUT2D eigenvalue weighted by Gasteiger charge is -2.15. The molecule has 3 amide bonds. The first-order valence-electron chi connectivity index (χ1n) is 6.32. The summed E-state index contributed by atoms with van der Waals surface area (Å²) in [5.74, 6) is -0.888. The molecule has 1 fully saturated rings. The molecule has 0 unspecified atom stereocenters. The Bertz CT molecular complexity index is 535. The summed E-state index contributed by atoms with van der Waals surface area (Å²) in [6, 6.07) is 3.89. The normalized spacial score (nSPS) is 14.8. The summed E-state index contributed by atoms with van der Waals surface area (Å²) in [6.45, 7) is 1.58. The number of nitrogens with zero attached hydrogens (tertiary/aromatic N) is 2. The van der Waals surface area contributed by atoms with Crippen LogP contribution in [-0.2, 0) is 4.79 Å². The quantitative estimate of drug-likeness (QED) is 0.811. The average molecular weight is 280 g/mol. The molecule has 3 N–H and O–H groups in total. The minimum absolute atomic E-state index is 0.0554. The summed E-state index contributed by atoms with van der Waals surface area (Å²) in [7, 11) is 1.71. The molecular weight excluding hydrogens is 263 g/mol. The van der Waals surface area contributed by atoms with Crippen molar-refractivity contribution in [3.63, 3.8) is 0 Å². The van der Waals surface area contributed by atoms with Crippen LogP contribution in [0.1, 0.15) is 6.42 Å². The number of hydrogen-bond donors (Lipinski definition) is 2. The van der Waals surface area contributed by atoms with Crippen LogP contribution in [0.4, 0.5) is 20.6 Å². The molecule has 6 nitrogen and oxygen atoms in total. The van der Waals surface area contributed by atoms with Crippen LogP contribution in [0.5, 0.6) is 0 Å². The Labute approximate surface area is 116 Å². The molecule has 1 aromatic rings. The third kappa shape index (κ3) is 3.17. The highest BCUT2D eigenvalue weighted by Crippen LogP contribution is 2.17. The van der Waals surface area contributed by atoms with Crippen molar-refractivity contribution in [3.8, 4) is 0 Å². The molecule has 1 aromatic carbocycles. The van der Waals surface area contributed by atoms with Crippen molar-refractivity contribution in [3.05, 3.63) is 24.0 Å². The van der Waals surface area contributed by atoms with E-state index in [1.165, 1.54) is 18.2 Å². The van der Waals surface area contributed by atoms with Crippen molar-refractivity contribution in [1.82, 2.24) is 9.80 Å². The van der Waals surface area contributed by atoms with E-state index in [0.717, 1.165) is 0 Å².